The molecule has 1 aliphatic rings. The smallest absolute Gasteiger partial charge is 0.243 e. The Morgan fingerprint density at radius 2 is 1.66 bits per heavy atom. The van der Waals surface area contributed by atoms with Crippen LogP contribution < -0.4 is 11.1 Å². The van der Waals surface area contributed by atoms with Crippen molar-refractivity contribution in [3.05, 3.63) is 66.2 Å². The second-order valence-electron chi connectivity index (χ2n) is 7.09. The normalized spacial score (nSPS) is 18.7. The molecule has 0 bridgehead atoms. The van der Waals surface area contributed by atoms with Crippen molar-refractivity contribution < 1.29 is 18.0 Å². The molecule has 1 fully saturated rings. The molecule has 0 aromatic heterocycles. The molecule has 1 aliphatic heterocycles. The van der Waals surface area contributed by atoms with Gasteiger partial charge in [0.1, 0.15) is 12.1 Å². The number of nitrogens with one attached hydrogen (secondary N) is 1. The summed E-state index contributed by atoms with van der Waals surface area (Å²) in [5.41, 5.74) is 6.34. The first-order chi connectivity index (χ1) is 13.9. The van der Waals surface area contributed by atoms with Crippen molar-refractivity contribution in [1.82, 2.24) is 9.62 Å². The van der Waals surface area contributed by atoms with Crippen LogP contribution in [0.3, 0.4) is 0 Å². The second-order valence-corrected chi connectivity index (χ2v) is 8.98. The number of benzene rings is 2. The topological polar surface area (TPSA) is 110 Å². The monoisotopic (exact) mass is 415 g/mol. The molecule has 0 radical (unpaired) electrons. The molecule has 8 heteroatoms. The van der Waals surface area contributed by atoms with E-state index in [0.717, 1.165) is 12.0 Å². The average Bonchev–Trinajstić information content (AvgIpc) is 2.74. The lowest BCUT2D eigenvalue weighted by atomic mass is 10.0. The van der Waals surface area contributed by atoms with Crippen molar-refractivity contribution in [1.29, 1.82) is 0 Å². The number of nitrogens with zero attached hydrogens (tertiary/aromatic N) is 1. The highest BCUT2D eigenvalue weighted by molar-refractivity contribution is 7.89. The summed E-state index contributed by atoms with van der Waals surface area (Å²) in [6, 6.07) is 15.5. The quantitative estimate of drug-likeness (QED) is 0.713. The Kier molecular flexibility index (Phi) is 6.66. The fourth-order valence-electron chi connectivity index (χ4n) is 3.52. The van der Waals surface area contributed by atoms with Crippen molar-refractivity contribution >= 4 is 21.8 Å². The minimum absolute atomic E-state index is 0.149. The molecular weight excluding hydrogens is 390 g/mol. The standard InChI is InChI=1S/C21H25N3O4S/c22-20(25)18(15-16-9-3-1-4-10-16)23-21(26)19-13-7-8-14-24(19)29(27,28)17-11-5-2-6-12-17/h1-6,9-12,18-19H,7-8,13-15H2,(H2,22,25)(H,23,26)/t18-,19?/m0/s1. The fourth-order valence-corrected chi connectivity index (χ4v) is 5.20. The molecule has 2 aromatic rings. The molecule has 3 N–H and O–H groups in total. The average molecular weight is 416 g/mol. The maximum Gasteiger partial charge on any atom is 0.243 e. The van der Waals surface area contributed by atoms with Gasteiger partial charge in [0.25, 0.3) is 0 Å². The van der Waals surface area contributed by atoms with Gasteiger partial charge in [0.2, 0.25) is 21.8 Å². The molecule has 0 aliphatic carbocycles. The predicted molar refractivity (Wildman–Crippen MR) is 109 cm³/mol. The van der Waals surface area contributed by atoms with Crippen molar-refractivity contribution in [2.45, 2.75) is 42.7 Å². The van der Waals surface area contributed by atoms with E-state index in [4.69, 9.17) is 5.73 Å². The number of primary amides is 1. The summed E-state index contributed by atoms with van der Waals surface area (Å²) in [5.74, 6) is -1.15. The van der Waals surface area contributed by atoms with Gasteiger partial charge in [-0.25, -0.2) is 8.42 Å². The van der Waals surface area contributed by atoms with E-state index in [0.29, 0.717) is 12.8 Å². The second kappa shape index (κ2) is 9.19. The number of nitrogens with two attached hydrogens (primary N) is 1. The van der Waals surface area contributed by atoms with Gasteiger partial charge in [-0.05, 0) is 30.5 Å². The third-order valence-electron chi connectivity index (χ3n) is 5.05. The molecule has 1 heterocycles. The Morgan fingerprint density at radius 3 is 2.28 bits per heavy atom. The van der Waals surface area contributed by atoms with Crippen LogP contribution in [-0.2, 0) is 26.0 Å². The molecule has 1 saturated heterocycles. The largest absolute Gasteiger partial charge is 0.368 e. The summed E-state index contributed by atoms with van der Waals surface area (Å²) in [6.45, 7) is 0.259. The molecule has 2 aromatic carbocycles. The molecule has 7 nitrogen and oxygen atoms in total. The summed E-state index contributed by atoms with van der Waals surface area (Å²) in [6.07, 6.45) is 2.06. The van der Waals surface area contributed by atoms with Crippen LogP contribution >= 0.6 is 0 Å². The molecule has 29 heavy (non-hydrogen) atoms. The molecule has 3 rings (SSSR count). The number of carbonyl (C=O) groups excluding carboxylic acids is 2. The Hall–Kier alpha value is -2.71. The Bertz CT molecular complexity index is 948. The van der Waals surface area contributed by atoms with Crippen LogP contribution in [0.25, 0.3) is 0 Å². The maximum atomic E-state index is 13.1. The number of rotatable bonds is 7. The number of sulfonamides is 1. The SMILES string of the molecule is NC(=O)[C@H](Cc1ccccc1)NC(=O)C1CCCCN1S(=O)(=O)c1ccccc1. The summed E-state index contributed by atoms with van der Waals surface area (Å²) >= 11 is 0. The number of hydrogen-bond donors (Lipinski definition) is 2. The number of hydrogen-bond acceptors (Lipinski definition) is 4. The lowest BCUT2D eigenvalue weighted by molar-refractivity contribution is -0.130. The molecule has 0 saturated carbocycles. The van der Waals surface area contributed by atoms with Crippen LogP contribution in [0.15, 0.2) is 65.6 Å². The zero-order chi connectivity index (χ0) is 20.9. The van der Waals surface area contributed by atoms with Gasteiger partial charge in [0, 0.05) is 13.0 Å². The van der Waals surface area contributed by atoms with Crippen molar-refractivity contribution in [2.24, 2.45) is 5.73 Å². The first-order valence-electron chi connectivity index (χ1n) is 9.60. The van der Waals surface area contributed by atoms with Crippen LogP contribution in [0, 0.1) is 0 Å². The zero-order valence-electron chi connectivity index (χ0n) is 16.0. The number of piperidine rings is 1. The van der Waals surface area contributed by atoms with Gasteiger partial charge < -0.3 is 11.1 Å². The molecule has 2 atom stereocenters. The van der Waals surface area contributed by atoms with Gasteiger partial charge in [0.15, 0.2) is 0 Å². The van der Waals surface area contributed by atoms with Gasteiger partial charge in [-0.15, -0.1) is 0 Å². The van der Waals surface area contributed by atoms with Gasteiger partial charge in [-0.2, -0.15) is 4.31 Å². The van der Waals surface area contributed by atoms with E-state index >= 15 is 0 Å². The molecule has 154 valence electrons. The van der Waals surface area contributed by atoms with Gasteiger partial charge >= 0.3 is 0 Å². The van der Waals surface area contributed by atoms with Gasteiger partial charge in [-0.1, -0.05) is 55.0 Å². The number of amides is 2. The van der Waals surface area contributed by atoms with Crippen LogP contribution in [0.4, 0.5) is 0 Å². The Morgan fingerprint density at radius 1 is 1.03 bits per heavy atom. The maximum absolute atomic E-state index is 13.1. The van der Waals surface area contributed by atoms with E-state index < -0.39 is 33.9 Å². The summed E-state index contributed by atoms with van der Waals surface area (Å²) in [4.78, 5) is 25.0. The van der Waals surface area contributed by atoms with Crippen LogP contribution in [-0.4, -0.2) is 43.2 Å². The zero-order valence-corrected chi connectivity index (χ0v) is 16.8. The predicted octanol–water partition coefficient (Wildman–Crippen LogP) is 1.44. The van der Waals surface area contributed by atoms with Crippen molar-refractivity contribution in [2.75, 3.05) is 6.54 Å². The van der Waals surface area contributed by atoms with Crippen LogP contribution in [0.1, 0.15) is 24.8 Å². The first kappa shape index (κ1) is 21.0. The molecule has 0 spiro atoms. The van der Waals surface area contributed by atoms with E-state index in [1.165, 1.54) is 16.4 Å². The minimum atomic E-state index is -3.81. The highest BCUT2D eigenvalue weighted by Crippen LogP contribution is 2.25. The first-order valence-corrected chi connectivity index (χ1v) is 11.0. The van der Waals surface area contributed by atoms with Gasteiger partial charge in [0.05, 0.1) is 4.90 Å². The third-order valence-corrected chi connectivity index (χ3v) is 6.97. The highest BCUT2D eigenvalue weighted by Gasteiger charge is 2.38. The van der Waals surface area contributed by atoms with Crippen LogP contribution in [0.2, 0.25) is 0 Å². The number of carbonyl (C=O) groups is 2. The molecule has 2 amide bonds. The fraction of sp³-hybridized carbons (Fsp3) is 0.333. The van der Waals surface area contributed by atoms with E-state index in [2.05, 4.69) is 5.32 Å². The van der Waals surface area contributed by atoms with Crippen LogP contribution in [0.5, 0.6) is 0 Å². The van der Waals surface area contributed by atoms with Crippen molar-refractivity contribution in [3.8, 4) is 0 Å². The summed E-state index contributed by atoms with van der Waals surface area (Å²) < 4.78 is 27.4. The minimum Gasteiger partial charge on any atom is -0.368 e. The summed E-state index contributed by atoms with van der Waals surface area (Å²) in [7, 11) is -3.81. The van der Waals surface area contributed by atoms with Gasteiger partial charge in [-0.3, -0.25) is 9.59 Å². The van der Waals surface area contributed by atoms with E-state index in [-0.39, 0.29) is 17.9 Å². The van der Waals surface area contributed by atoms with E-state index in [1.54, 1.807) is 18.2 Å². The Labute approximate surface area is 171 Å². The van der Waals surface area contributed by atoms with E-state index in [1.807, 2.05) is 30.3 Å². The Balaban J connectivity index is 1.79. The molecule has 1 unspecified atom stereocenters. The third kappa shape index (κ3) is 5.02. The highest BCUT2D eigenvalue weighted by atomic mass is 32.2. The lowest BCUT2D eigenvalue weighted by Crippen LogP contribution is -2.56. The summed E-state index contributed by atoms with van der Waals surface area (Å²) in [5, 5.41) is 2.67. The van der Waals surface area contributed by atoms with E-state index in [9.17, 15) is 18.0 Å². The lowest BCUT2D eigenvalue weighted by Gasteiger charge is -2.34. The van der Waals surface area contributed by atoms with Crippen molar-refractivity contribution in [3.63, 3.8) is 0 Å². The molecular formula is C21H25N3O4S.